The molecular formula is C14H19NO2. The number of carbonyl (C=O) groups excluding carboxylic acids is 1. The van der Waals surface area contributed by atoms with Gasteiger partial charge in [0.1, 0.15) is 5.75 Å². The van der Waals surface area contributed by atoms with Crippen molar-refractivity contribution in [2.24, 2.45) is 5.92 Å². The lowest BCUT2D eigenvalue weighted by molar-refractivity contribution is 0.0928. The van der Waals surface area contributed by atoms with Crippen LogP contribution in [0.1, 0.15) is 42.1 Å². The monoisotopic (exact) mass is 233 g/mol. The van der Waals surface area contributed by atoms with E-state index in [1.165, 1.54) is 12.8 Å². The Labute approximate surface area is 102 Å². The Kier molecular flexibility index (Phi) is 3.36. The van der Waals surface area contributed by atoms with Gasteiger partial charge in [0.25, 0.3) is 5.91 Å². The molecule has 1 aliphatic carbocycles. The third-order valence-electron chi connectivity index (χ3n) is 3.73. The molecule has 1 saturated carbocycles. The van der Waals surface area contributed by atoms with E-state index in [-0.39, 0.29) is 17.7 Å². The maximum Gasteiger partial charge on any atom is 0.251 e. The summed E-state index contributed by atoms with van der Waals surface area (Å²) in [5.74, 6) is 0.658. The van der Waals surface area contributed by atoms with E-state index >= 15 is 0 Å². The molecule has 0 bridgehead atoms. The van der Waals surface area contributed by atoms with Crippen molar-refractivity contribution in [3.8, 4) is 5.75 Å². The predicted molar refractivity (Wildman–Crippen MR) is 67.1 cm³/mol. The zero-order valence-electron chi connectivity index (χ0n) is 10.4. The first kappa shape index (κ1) is 12.0. The second kappa shape index (κ2) is 4.78. The molecule has 2 N–H and O–H groups in total. The molecule has 0 spiro atoms. The summed E-state index contributed by atoms with van der Waals surface area (Å²) in [6.45, 7) is 3.94. The molecule has 1 fully saturated rings. The van der Waals surface area contributed by atoms with Gasteiger partial charge in [-0.05, 0) is 37.8 Å². The standard InChI is InChI=1S/C14H19NO2/c1-9-5-3-7-12(9)15-14(17)11-6-4-8-13(16)10(11)2/h4,6,8-9,12,16H,3,5,7H2,1-2H3,(H,15,17). The number of phenols is 1. The molecule has 92 valence electrons. The molecule has 0 heterocycles. The van der Waals surface area contributed by atoms with Gasteiger partial charge in [0.05, 0.1) is 0 Å². The van der Waals surface area contributed by atoms with E-state index in [1.807, 2.05) is 0 Å². The van der Waals surface area contributed by atoms with E-state index in [4.69, 9.17) is 0 Å². The van der Waals surface area contributed by atoms with Gasteiger partial charge in [-0.3, -0.25) is 4.79 Å². The number of carbonyl (C=O) groups is 1. The average molecular weight is 233 g/mol. The fourth-order valence-electron chi connectivity index (χ4n) is 2.48. The predicted octanol–water partition coefficient (Wildman–Crippen LogP) is 2.62. The summed E-state index contributed by atoms with van der Waals surface area (Å²) >= 11 is 0. The highest BCUT2D eigenvalue weighted by Crippen LogP contribution is 2.26. The minimum atomic E-state index is -0.0721. The Morgan fingerprint density at radius 2 is 2.18 bits per heavy atom. The van der Waals surface area contributed by atoms with Crippen molar-refractivity contribution in [3.05, 3.63) is 29.3 Å². The van der Waals surface area contributed by atoms with Crippen LogP contribution in [-0.2, 0) is 0 Å². The van der Waals surface area contributed by atoms with E-state index in [1.54, 1.807) is 25.1 Å². The molecule has 3 nitrogen and oxygen atoms in total. The number of hydrogen-bond donors (Lipinski definition) is 2. The van der Waals surface area contributed by atoms with Gasteiger partial charge in [0.15, 0.2) is 0 Å². The quantitative estimate of drug-likeness (QED) is 0.825. The third-order valence-corrected chi connectivity index (χ3v) is 3.73. The van der Waals surface area contributed by atoms with Crippen molar-refractivity contribution in [2.45, 2.75) is 39.2 Å². The molecule has 0 saturated heterocycles. The van der Waals surface area contributed by atoms with Crippen molar-refractivity contribution >= 4 is 5.91 Å². The second-order valence-electron chi connectivity index (χ2n) is 4.94. The summed E-state index contributed by atoms with van der Waals surface area (Å²) in [6, 6.07) is 5.34. The van der Waals surface area contributed by atoms with Crippen LogP contribution in [0.2, 0.25) is 0 Å². The van der Waals surface area contributed by atoms with Crippen molar-refractivity contribution in [1.29, 1.82) is 0 Å². The van der Waals surface area contributed by atoms with Gasteiger partial charge >= 0.3 is 0 Å². The number of hydrogen-bond acceptors (Lipinski definition) is 2. The zero-order valence-corrected chi connectivity index (χ0v) is 10.4. The van der Waals surface area contributed by atoms with E-state index in [0.717, 1.165) is 6.42 Å². The highest BCUT2D eigenvalue weighted by molar-refractivity contribution is 5.96. The van der Waals surface area contributed by atoms with Gasteiger partial charge in [0, 0.05) is 17.2 Å². The lowest BCUT2D eigenvalue weighted by Gasteiger charge is -2.18. The Bertz CT molecular complexity index is 428. The van der Waals surface area contributed by atoms with E-state index < -0.39 is 0 Å². The molecule has 2 rings (SSSR count). The number of benzene rings is 1. The first-order chi connectivity index (χ1) is 8.09. The summed E-state index contributed by atoms with van der Waals surface area (Å²) in [5, 5.41) is 12.6. The normalized spacial score (nSPS) is 23.6. The molecular weight excluding hydrogens is 214 g/mol. The SMILES string of the molecule is Cc1c(O)cccc1C(=O)NC1CCCC1C. The molecule has 2 unspecified atom stereocenters. The summed E-state index contributed by atoms with van der Waals surface area (Å²) in [6.07, 6.45) is 3.43. The topological polar surface area (TPSA) is 49.3 Å². The van der Waals surface area contributed by atoms with Crippen molar-refractivity contribution in [1.82, 2.24) is 5.32 Å². The fourth-order valence-corrected chi connectivity index (χ4v) is 2.48. The first-order valence-electron chi connectivity index (χ1n) is 6.19. The average Bonchev–Trinajstić information content (AvgIpc) is 2.68. The fraction of sp³-hybridized carbons (Fsp3) is 0.500. The molecule has 1 aromatic carbocycles. The lowest BCUT2D eigenvalue weighted by atomic mass is 10.0. The first-order valence-corrected chi connectivity index (χ1v) is 6.19. The van der Waals surface area contributed by atoms with Crippen LogP contribution in [0.25, 0.3) is 0 Å². The highest BCUT2D eigenvalue weighted by atomic mass is 16.3. The molecule has 1 aromatic rings. The Hall–Kier alpha value is -1.51. The number of amides is 1. The van der Waals surface area contributed by atoms with Gasteiger partial charge in [-0.2, -0.15) is 0 Å². The van der Waals surface area contributed by atoms with Gasteiger partial charge in [0.2, 0.25) is 0 Å². The van der Waals surface area contributed by atoms with Crippen LogP contribution < -0.4 is 5.32 Å². The Morgan fingerprint density at radius 3 is 2.82 bits per heavy atom. The molecule has 3 heteroatoms. The maximum atomic E-state index is 12.1. The van der Waals surface area contributed by atoms with Gasteiger partial charge in [-0.15, -0.1) is 0 Å². The van der Waals surface area contributed by atoms with Crippen LogP contribution in [0.15, 0.2) is 18.2 Å². The van der Waals surface area contributed by atoms with Crippen LogP contribution in [0.5, 0.6) is 5.75 Å². The number of aromatic hydroxyl groups is 1. The lowest BCUT2D eigenvalue weighted by Crippen LogP contribution is -2.36. The number of rotatable bonds is 2. The molecule has 0 aliphatic heterocycles. The zero-order chi connectivity index (χ0) is 12.4. The van der Waals surface area contributed by atoms with E-state index in [2.05, 4.69) is 12.2 Å². The Balaban J connectivity index is 2.12. The molecule has 17 heavy (non-hydrogen) atoms. The molecule has 1 aliphatic rings. The molecule has 0 aromatic heterocycles. The van der Waals surface area contributed by atoms with Crippen molar-refractivity contribution in [2.75, 3.05) is 0 Å². The number of nitrogens with one attached hydrogen (secondary N) is 1. The summed E-state index contributed by atoms with van der Waals surface area (Å²) < 4.78 is 0. The molecule has 1 amide bonds. The minimum Gasteiger partial charge on any atom is -0.508 e. The molecule has 0 radical (unpaired) electrons. The van der Waals surface area contributed by atoms with Crippen LogP contribution in [-0.4, -0.2) is 17.1 Å². The highest BCUT2D eigenvalue weighted by Gasteiger charge is 2.25. The minimum absolute atomic E-state index is 0.0721. The van der Waals surface area contributed by atoms with Gasteiger partial charge in [-0.1, -0.05) is 19.4 Å². The van der Waals surface area contributed by atoms with E-state index in [9.17, 15) is 9.90 Å². The third kappa shape index (κ3) is 2.43. The van der Waals surface area contributed by atoms with Crippen molar-refractivity contribution < 1.29 is 9.90 Å². The Morgan fingerprint density at radius 1 is 1.41 bits per heavy atom. The van der Waals surface area contributed by atoms with Crippen LogP contribution in [0.4, 0.5) is 0 Å². The summed E-state index contributed by atoms with van der Waals surface area (Å²) in [4.78, 5) is 12.1. The van der Waals surface area contributed by atoms with Crippen LogP contribution in [0, 0.1) is 12.8 Å². The maximum absolute atomic E-state index is 12.1. The van der Waals surface area contributed by atoms with Gasteiger partial charge in [-0.25, -0.2) is 0 Å². The van der Waals surface area contributed by atoms with Crippen LogP contribution in [0.3, 0.4) is 0 Å². The number of phenolic OH excluding ortho intramolecular Hbond substituents is 1. The smallest absolute Gasteiger partial charge is 0.251 e. The summed E-state index contributed by atoms with van der Waals surface area (Å²) in [5.41, 5.74) is 1.22. The van der Waals surface area contributed by atoms with E-state index in [0.29, 0.717) is 17.0 Å². The largest absolute Gasteiger partial charge is 0.508 e. The van der Waals surface area contributed by atoms with Crippen molar-refractivity contribution in [3.63, 3.8) is 0 Å². The molecule has 2 atom stereocenters. The van der Waals surface area contributed by atoms with Crippen LogP contribution >= 0.6 is 0 Å². The second-order valence-corrected chi connectivity index (χ2v) is 4.94. The summed E-state index contributed by atoms with van der Waals surface area (Å²) in [7, 11) is 0. The van der Waals surface area contributed by atoms with Gasteiger partial charge < -0.3 is 10.4 Å².